The zero-order chi connectivity index (χ0) is 10.8. The molecular formula is C10H13N3O2. The van der Waals surface area contributed by atoms with Crippen LogP contribution < -0.4 is 5.32 Å². The predicted molar refractivity (Wildman–Crippen MR) is 53.8 cm³/mol. The Morgan fingerprint density at radius 1 is 1.53 bits per heavy atom. The Morgan fingerprint density at radius 3 is 3.00 bits per heavy atom. The number of carboxylic acid groups (broad SMARTS) is 1. The summed E-state index contributed by atoms with van der Waals surface area (Å²) in [5.74, 6) is -0.347. The Bertz CT molecular complexity index is 404. The Balaban J connectivity index is 2.55. The quantitative estimate of drug-likeness (QED) is 0.733. The molecule has 5 heteroatoms. The van der Waals surface area contributed by atoms with E-state index in [1.54, 1.807) is 0 Å². The fraction of sp³-hybridized carbons (Fsp3) is 0.500. The molecular weight excluding hydrogens is 194 g/mol. The van der Waals surface area contributed by atoms with Crippen LogP contribution in [-0.2, 0) is 19.4 Å². The fourth-order valence-corrected chi connectivity index (χ4v) is 1.73. The third kappa shape index (κ3) is 1.83. The highest BCUT2D eigenvalue weighted by atomic mass is 16.4. The van der Waals surface area contributed by atoms with E-state index in [-0.39, 0.29) is 5.69 Å². The molecule has 2 rings (SSSR count). The van der Waals surface area contributed by atoms with Crippen molar-refractivity contribution in [1.29, 1.82) is 0 Å². The largest absolute Gasteiger partial charge is 0.476 e. The molecule has 0 aromatic carbocycles. The first-order chi connectivity index (χ1) is 7.22. The number of fused-ring (bicyclic) bond motifs is 1. The summed E-state index contributed by atoms with van der Waals surface area (Å²) < 4.78 is 0. The normalized spacial score (nSPS) is 14.7. The summed E-state index contributed by atoms with van der Waals surface area (Å²) in [4.78, 5) is 19.4. The van der Waals surface area contributed by atoms with Gasteiger partial charge >= 0.3 is 5.97 Å². The number of rotatable bonds is 2. The molecule has 0 spiro atoms. The summed E-state index contributed by atoms with van der Waals surface area (Å²) in [7, 11) is 0. The Labute approximate surface area is 87.6 Å². The first kappa shape index (κ1) is 10.0. The van der Waals surface area contributed by atoms with Crippen molar-refractivity contribution in [2.45, 2.75) is 26.3 Å². The zero-order valence-corrected chi connectivity index (χ0v) is 8.58. The molecule has 80 valence electrons. The van der Waals surface area contributed by atoms with Gasteiger partial charge in [0.15, 0.2) is 5.69 Å². The number of nitrogens with zero attached hydrogens (tertiary/aromatic N) is 2. The maximum atomic E-state index is 11.0. The summed E-state index contributed by atoms with van der Waals surface area (Å²) in [5, 5.41) is 12.2. The van der Waals surface area contributed by atoms with Gasteiger partial charge in [0.1, 0.15) is 5.82 Å². The number of carboxylic acids is 1. The monoisotopic (exact) mass is 207 g/mol. The molecule has 0 radical (unpaired) electrons. The minimum atomic E-state index is -0.966. The van der Waals surface area contributed by atoms with Gasteiger partial charge < -0.3 is 10.4 Å². The first-order valence-corrected chi connectivity index (χ1v) is 5.05. The molecule has 15 heavy (non-hydrogen) atoms. The minimum Gasteiger partial charge on any atom is -0.476 e. The molecule has 0 fully saturated rings. The van der Waals surface area contributed by atoms with Crippen LogP contribution in [0.5, 0.6) is 0 Å². The molecule has 0 bridgehead atoms. The van der Waals surface area contributed by atoms with Crippen LogP contribution in [0.15, 0.2) is 0 Å². The number of aromatic nitrogens is 2. The summed E-state index contributed by atoms with van der Waals surface area (Å²) in [6.45, 7) is 3.33. The van der Waals surface area contributed by atoms with Gasteiger partial charge in [0.25, 0.3) is 0 Å². The van der Waals surface area contributed by atoms with Gasteiger partial charge in [-0.15, -0.1) is 0 Å². The molecule has 0 saturated heterocycles. The van der Waals surface area contributed by atoms with Crippen LogP contribution in [0.4, 0.5) is 0 Å². The van der Waals surface area contributed by atoms with E-state index in [9.17, 15) is 4.79 Å². The van der Waals surface area contributed by atoms with Crippen LogP contribution in [0.3, 0.4) is 0 Å². The number of hydrogen-bond acceptors (Lipinski definition) is 4. The molecule has 1 aliphatic rings. The van der Waals surface area contributed by atoms with Crippen LogP contribution in [0, 0.1) is 0 Å². The third-order valence-electron chi connectivity index (χ3n) is 2.50. The van der Waals surface area contributed by atoms with Crippen LogP contribution in [-0.4, -0.2) is 27.6 Å². The molecule has 0 atom stereocenters. The zero-order valence-electron chi connectivity index (χ0n) is 8.58. The molecule has 0 saturated carbocycles. The van der Waals surface area contributed by atoms with Gasteiger partial charge in [0.05, 0.1) is 5.69 Å². The maximum absolute atomic E-state index is 11.0. The highest BCUT2D eigenvalue weighted by Gasteiger charge is 2.20. The molecule has 2 N–H and O–H groups in total. The number of hydrogen-bond donors (Lipinski definition) is 2. The number of aryl methyl sites for hydroxylation is 1. The molecule has 1 aromatic heterocycles. The van der Waals surface area contributed by atoms with E-state index in [1.807, 2.05) is 6.92 Å². The second kappa shape index (κ2) is 3.94. The standard InChI is InChI=1S/C10H13N3O2/c1-2-8-12-7-3-4-11-5-6(7)9(13-8)10(14)15/h11H,2-5H2,1H3,(H,14,15). The lowest BCUT2D eigenvalue weighted by atomic mass is 10.1. The Kier molecular flexibility index (Phi) is 2.64. The van der Waals surface area contributed by atoms with Gasteiger partial charge in [-0.05, 0) is 0 Å². The van der Waals surface area contributed by atoms with Crippen LogP contribution in [0.2, 0.25) is 0 Å². The van der Waals surface area contributed by atoms with Crippen LogP contribution >= 0.6 is 0 Å². The smallest absolute Gasteiger partial charge is 0.354 e. The summed E-state index contributed by atoms with van der Waals surface area (Å²) >= 11 is 0. The highest BCUT2D eigenvalue weighted by Crippen LogP contribution is 2.15. The molecule has 1 aliphatic heterocycles. The minimum absolute atomic E-state index is 0.157. The van der Waals surface area contributed by atoms with Crippen molar-refractivity contribution in [3.8, 4) is 0 Å². The predicted octanol–water partition coefficient (Wildman–Crippen LogP) is 0.383. The van der Waals surface area contributed by atoms with E-state index >= 15 is 0 Å². The van der Waals surface area contributed by atoms with E-state index in [0.29, 0.717) is 18.8 Å². The van der Waals surface area contributed by atoms with Gasteiger partial charge in [0.2, 0.25) is 0 Å². The maximum Gasteiger partial charge on any atom is 0.354 e. The number of carbonyl (C=O) groups is 1. The molecule has 0 aliphatic carbocycles. The van der Waals surface area contributed by atoms with Gasteiger partial charge in [0, 0.05) is 31.5 Å². The van der Waals surface area contributed by atoms with Crippen molar-refractivity contribution in [3.05, 3.63) is 22.8 Å². The molecule has 0 unspecified atom stereocenters. The van der Waals surface area contributed by atoms with E-state index in [4.69, 9.17) is 5.11 Å². The molecule has 2 heterocycles. The van der Waals surface area contributed by atoms with Gasteiger partial charge in [-0.2, -0.15) is 0 Å². The second-order valence-corrected chi connectivity index (χ2v) is 3.50. The summed E-state index contributed by atoms with van der Waals surface area (Å²) in [6, 6.07) is 0. The first-order valence-electron chi connectivity index (χ1n) is 5.05. The van der Waals surface area contributed by atoms with Crippen molar-refractivity contribution in [1.82, 2.24) is 15.3 Å². The third-order valence-corrected chi connectivity index (χ3v) is 2.50. The molecule has 0 amide bonds. The van der Waals surface area contributed by atoms with Gasteiger partial charge in [-0.25, -0.2) is 14.8 Å². The topological polar surface area (TPSA) is 75.1 Å². The number of nitrogens with one attached hydrogen (secondary N) is 1. The van der Waals surface area contributed by atoms with E-state index in [1.165, 1.54) is 0 Å². The lowest BCUT2D eigenvalue weighted by Crippen LogP contribution is -2.28. The lowest BCUT2D eigenvalue weighted by molar-refractivity contribution is 0.0688. The van der Waals surface area contributed by atoms with Crippen molar-refractivity contribution in [2.75, 3.05) is 6.54 Å². The van der Waals surface area contributed by atoms with Crippen LogP contribution in [0.1, 0.15) is 34.5 Å². The summed E-state index contributed by atoms with van der Waals surface area (Å²) in [6.07, 6.45) is 1.45. The van der Waals surface area contributed by atoms with Gasteiger partial charge in [-0.1, -0.05) is 6.92 Å². The molecule has 1 aromatic rings. The van der Waals surface area contributed by atoms with Crippen molar-refractivity contribution >= 4 is 5.97 Å². The van der Waals surface area contributed by atoms with E-state index in [0.717, 1.165) is 24.2 Å². The average Bonchev–Trinajstić information content (AvgIpc) is 2.27. The van der Waals surface area contributed by atoms with Gasteiger partial charge in [-0.3, -0.25) is 0 Å². The van der Waals surface area contributed by atoms with E-state index in [2.05, 4.69) is 15.3 Å². The fourth-order valence-electron chi connectivity index (χ4n) is 1.73. The second-order valence-electron chi connectivity index (χ2n) is 3.50. The van der Waals surface area contributed by atoms with Crippen molar-refractivity contribution in [2.24, 2.45) is 0 Å². The number of aromatic carboxylic acids is 1. The Morgan fingerprint density at radius 2 is 2.33 bits per heavy atom. The van der Waals surface area contributed by atoms with Crippen molar-refractivity contribution < 1.29 is 9.90 Å². The highest BCUT2D eigenvalue weighted by molar-refractivity contribution is 5.87. The molecule has 5 nitrogen and oxygen atoms in total. The average molecular weight is 207 g/mol. The lowest BCUT2D eigenvalue weighted by Gasteiger charge is -2.18. The van der Waals surface area contributed by atoms with Crippen LogP contribution in [0.25, 0.3) is 0 Å². The SMILES string of the molecule is CCc1nc2c(c(C(=O)O)n1)CNCC2. The van der Waals surface area contributed by atoms with Crippen molar-refractivity contribution in [3.63, 3.8) is 0 Å². The Hall–Kier alpha value is -1.49. The summed E-state index contributed by atoms with van der Waals surface area (Å²) in [5.41, 5.74) is 1.79. The van der Waals surface area contributed by atoms with E-state index < -0.39 is 5.97 Å².